The van der Waals surface area contributed by atoms with Gasteiger partial charge in [-0.05, 0) is 36.4 Å². The minimum absolute atomic E-state index is 0.134. The van der Waals surface area contributed by atoms with Gasteiger partial charge in [0.15, 0.2) is 6.29 Å². The fourth-order valence-electron chi connectivity index (χ4n) is 3.28. The van der Waals surface area contributed by atoms with Crippen LogP contribution in [-0.4, -0.2) is 84.1 Å². The lowest BCUT2D eigenvalue weighted by molar-refractivity contribution is -0.271. The number of rotatable bonds is 11. The highest BCUT2D eigenvalue weighted by Crippen LogP contribution is 2.23. The fourth-order valence-corrected chi connectivity index (χ4v) is 4.17. The third-order valence-electron chi connectivity index (χ3n) is 5.03. The van der Waals surface area contributed by atoms with Crippen LogP contribution in [0.25, 0.3) is 0 Å². The molecular formula is C23H28ClNO7S. The van der Waals surface area contributed by atoms with Gasteiger partial charge in [0.05, 0.1) is 26.4 Å². The van der Waals surface area contributed by atoms with Crippen molar-refractivity contribution < 1.29 is 34.3 Å². The third-order valence-corrected chi connectivity index (χ3v) is 6.26. The van der Waals surface area contributed by atoms with E-state index in [2.05, 4.69) is 5.32 Å². The van der Waals surface area contributed by atoms with Gasteiger partial charge in [0.1, 0.15) is 24.4 Å². The van der Waals surface area contributed by atoms with E-state index in [0.29, 0.717) is 17.2 Å². The molecule has 0 saturated carbocycles. The summed E-state index contributed by atoms with van der Waals surface area (Å²) in [6.07, 6.45) is -4.87. The normalized spacial score (nSPS) is 25.0. The van der Waals surface area contributed by atoms with Gasteiger partial charge in [0, 0.05) is 21.2 Å². The predicted molar refractivity (Wildman–Crippen MR) is 124 cm³/mol. The summed E-state index contributed by atoms with van der Waals surface area (Å²) in [6.45, 7) is 0.393. The second-order valence-corrected chi connectivity index (χ2v) is 8.96. The van der Waals surface area contributed by atoms with Crippen LogP contribution in [0.15, 0.2) is 59.5 Å². The monoisotopic (exact) mass is 497 g/mol. The summed E-state index contributed by atoms with van der Waals surface area (Å²) in [7, 11) is 0. The smallest absolute Gasteiger partial charge is 0.251 e. The summed E-state index contributed by atoms with van der Waals surface area (Å²) in [5.41, 5.74) is 0.392. The van der Waals surface area contributed by atoms with E-state index in [0.717, 1.165) is 10.6 Å². The second-order valence-electron chi connectivity index (χ2n) is 7.36. The number of aliphatic hydroxyl groups excluding tert-OH is 3. The van der Waals surface area contributed by atoms with Crippen LogP contribution in [0.4, 0.5) is 0 Å². The average molecular weight is 498 g/mol. The van der Waals surface area contributed by atoms with Gasteiger partial charge in [-0.1, -0.05) is 29.8 Å². The summed E-state index contributed by atoms with van der Waals surface area (Å²) in [4.78, 5) is 13.6. The molecule has 3 rings (SSSR count). The number of aliphatic hydroxyl groups is 3. The van der Waals surface area contributed by atoms with Gasteiger partial charge in [0.25, 0.3) is 5.91 Å². The Morgan fingerprint density at radius 3 is 2.45 bits per heavy atom. The molecule has 180 valence electrons. The molecule has 10 heteroatoms. The van der Waals surface area contributed by atoms with Crippen molar-refractivity contribution in [1.82, 2.24) is 5.32 Å². The highest BCUT2D eigenvalue weighted by atomic mass is 35.5. The Hall–Kier alpha value is -1.69. The zero-order chi connectivity index (χ0) is 23.6. The van der Waals surface area contributed by atoms with Gasteiger partial charge in [-0.3, -0.25) is 4.79 Å². The molecule has 0 spiro atoms. The van der Waals surface area contributed by atoms with Crippen LogP contribution in [0, 0.1) is 0 Å². The fraction of sp³-hybridized carbons (Fsp3) is 0.435. The molecule has 1 aliphatic heterocycles. The Morgan fingerprint density at radius 1 is 1.03 bits per heavy atom. The van der Waals surface area contributed by atoms with Gasteiger partial charge in [-0.15, -0.1) is 11.8 Å². The summed E-state index contributed by atoms with van der Waals surface area (Å²) in [5, 5.41) is 33.5. The highest BCUT2D eigenvalue weighted by Gasteiger charge is 2.45. The third kappa shape index (κ3) is 7.66. The number of hydrogen-bond donors (Lipinski definition) is 4. The van der Waals surface area contributed by atoms with Crippen molar-refractivity contribution in [2.45, 2.75) is 35.5 Å². The molecule has 1 saturated heterocycles. The highest BCUT2D eigenvalue weighted by molar-refractivity contribution is 7.99. The van der Waals surface area contributed by atoms with E-state index in [9.17, 15) is 20.1 Å². The molecule has 0 unspecified atom stereocenters. The Kier molecular flexibility index (Phi) is 10.4. The Balaban J connectivity index is 1.46. The zero-order valence-corrected chi connectivity index (χ0v) is 19.5. The lowest BCUT2D eigenvalue weighted by Gasteiger charge is -2.42. The van der Waals surface area contributed by atoms with Crippen LogP contribution in [-0.2, 0) is 14.2 Å². The number of carbonyl (C=O) groups excluding carboxylic acids is 1. The number of hydrogen-bond acceptors (Lipinski definition) is 8. The van der Waals surface area contributed by atoms with Gasteiger partial charge in [-0.25, -0.2) is 0 Å². The van der Waals surface area contributed by atoms with E-state index >= 15 is 0 Å². The average Bonchev–Trinajstić information content (AvgIpc) is 2.84. The van der Waals surface area contributed by atoms with Crippen molar-refractivity contribution in [3.05, 3.63) is 65.2 Å². The number of nitrogens with one attached hydrogen (secondary N) is 1. The van der Waals surface area contributed by atoms with E-state index in [1.54, 1.807) is 42.1 Å². The molecule has 1 heterocycles. The molecule has 4 N–H and O–H groups in total. The Bertz CT molecular complexity index is 858. The molecule has 0 bridgehead atoms. The van der Waals surface area contributed by atoms with Crippen LogP contribution in [0.3, 0.4) is 0 Å². The summed E-state index contributed by atoms with van der Waals surface area (Å²) < 4.78 is 16.9. The van der Waals surface area contributed by atoms with E-state index in [-0.39, 0.29) is 13.2 Å². The maximum atomic E-state index is 12.5. The van der Waals surface area contributed by atoms with Crippen LogP contribution >= 0.6 is 23.4 Å². The van der Waals surface area contributed by atoms with Crippen molar-refractivity contribution in [2.24, 2.45) is 0 Å². The molecule has 8 nitrogen and oxygen atoms in total. The van der Waals surface area contributed by atoms with E-state index in [4.69, 9.17) is 25.8 Å². The summed E-state index contributed by atoms with van der Waals surface area (Å²) in [6, 6.07) is 15.0. The SMILES string of the molecule is O=C(N[C@H]1[C@H](OCCOCCSc2ccc(Cl)cc2)O[C@H](CO)[C@@H](O)[C@@H]1O)c1ccccc1. The molecule has 1 amide bonds. The van der Waals surface area contributed by atoms with Crippen molar-refractivity contribution >= 4 is 29.3 Å². The molecule has 0 aromatic heterocycles. The number of carbonyl (C=O) groups is 1. The number of halogens is 1. The first-order chi connectivity index (χ1) is 16.0. The predicted octanol–water partition coefficient (Wildman–Crippen LogP) is 1.70. The maximum Gasteiger partial charge on any atom is 0.251 e. The van der Waals surface area contributed by atoms with Crippen LogP contribution in [0.5, 0.6) is 0 Å². The molecule has 5 atom stereocenters. The summed E-state index contributed by atoms with van der Waals surface area (Å²) in [5.74, 6) is 0.302. The van der Waals surface area contributed by atoms with E-state index < -0.39 is 43.2 Å². The molecule has 0 radical (unpaired) electrons. The molecular weight excluding hydrogens is 470 g/mol. The molecule has 33 heavy (non-hydrogen) atoms. The van der Waals surface area contributed by atoms with Crippen molar-refractivity contribution in [2.75, 3.05) is 32.2 Å². The standard InChI is InChI=1S/C23H28ClNO7S/c24-16-6-8-17(9-7-16)33-13-12-30-10-11-31-23-19(21(28)20(27)18(14-26)32-23)25-22(29)15-4-2-1-3-5-15/h1-9,18-21,23,26-28H,10-14H2,(H,25,29)/t18-,19-,20-,21-,23-/m1/s1. The lowest BCUT2D eigenvalue weighted by atomic mass is 9.96. The van der Waals surface area contributed by atoms with E-state index in [1.165, 1.54) is 0 Å². The van der Waals surface area contributed by atoms with Crippen LogP contribution in [0.2, 0.25) is 5.02 Å². The molecule has 2 aromatic carbocycles. The van der Waals surface area contributed by atoms with Gasteiger partial charge in [-0.2, -0.15) is 0 Å². The number of amides is 1. The van der Waals surface area contributed by atoms with Crippen LogP contribution in [0.1, 0.15) is 10.4 Å². The van der Waals surface area contributed by atoms with Crippen LogP contribution < -0.4 is 5.32 Å². The molecule has 0 aliphatic carbocycles. The molecule has 1 fully saturated rings. The van der Waals surface area contributed by atoms with E-state index in [1.807, 2.05) is 24.3 Å². The van der Waals surface area contributed by atoms with Crippen molar-refractivity contribution in [1.29, 1.82) is 0 Å². The minimum atomic E-state index is -1.38. The first-order valence-corrected chi connectivity index (χ1v) is 11.9. The quantitative estimate of drug-likeness (QED) is 0.274. The largest absolute Gasteiger partial charge is 0.394 e. The maximum absolute atomic E-state index is 12.5. The van der Waals surface area contributed by atoms with Gasteiger partial charge >= 0.3 is 0 Å². The second kappa shape index (κ2) is 13.3. The molecule has 1 aliphatic rings. The van der Waals surface area contributed by atoms with Crippen molar-refractivity contribution in [3.63, 3.8) is 0 Å². The van der Waals surface area contributed by atoms with Gasteiger partial charge in [0.2, 0.25) is 0 Å². The zero-order valence-electron chi connectivity index (χ0n) is 17.9. The number of thioether (sulfide) groups is 1. The topological polar surface area (TPSA) is 117 Å². The molecule has 2 aromatic rings. The van der Waals surface area contributed by atoms with Crippen molar-refractivity contribution in [3.8, 4) is 0 Å². The minimum Gasteiger partial charge on any atom is -0.394 e. The summed E-state index contributed by atoms with van der Waals surface area (Å²) >= 11 is 7.51. The Morgan fingerprint density at radius 2 is 1.76 bits per heavy atom. The van der Waals surface area contributed by atoms with Gasteiger partial charge < -0.3 is 34.8 Å². The number of ether oxygens (including phenoxy) is 3. The Labute approximate surface area is 201 Å². The first kappa shape index (κ1) is 25.9. The number of benzene rings is 2. The first-order valence-electron chi connectivity index (χ1n) is 10.6. The lowest BCUT2D eigenvalue weighted by Crippen LogP contribution is -2.64.